The minimum absolute atomic E-state index is 0. The topological polar surface area (TPSA) is 20.2 Å². The molecule has 0 saturated carbocycles. The van der Waals surface area contributed by atoms with E-state index in [0.717, 1.165) is 11.1 Å². The Labute approximate surface area is 95.4 Å². The van der Waals surface area contributed by atoms with Crippen LogP contribution in [0.3, 0.4) is 0 Å². The van der Waals surface area contributed by atoms with Crippen LogP contribution in [0.25, 0.3) is 0 Å². The molecule has 0 amide bonds. The molecule has 1 unspecified atom stereocenters. The summed E-state index contributed by atoms with van der Waals surface area (Å²) in [6, 6.07) is 16.8. The maximum Gasteiger partial charge on any atom is 1.00 e. The van der Waals surface area contributed by atoms with Gasteiger partial charge < -0.3 is 5.11 Å². The van der Waals surface area contributed by atoms with E-state index < -0.39 is 6.10 Å². The summed E-state index contributed by atoms with van der Waals surface area (Å²) in [5, 5.41) is 10.7. The van der Waals surface area contributed by atoms with Crippen molar-refractivity contribution >= 4 is 11.6 Å². The first-order valence-corrected chi connectivity index (χ1v) is 5.13. The zero-order valence-corrected chi connectivity index (χ0v) is 8.85. The van der Waals surface area contributed by atoms with Crippen molar-refractivity contribution in [2.75, 3.05) is 0 Å². The molecule has 2 heteroatoms. The maximum absolute atomic E-state index is 10.0. The van der Waals surface area contributed by atoms with Crippen molar-refractivity contribution in [3.8, 4) is 0 Å². The van der Waals surface area contributed by atoms with Gasteiger partial charge in [-0.3, -0.25) is 0 Å². The van der Waals surface area contributed by atoms with E-state index in [1.54, 1.807) is 12.1 Å². The van der Waals surface area contributed by atoms with E-state index in [1.165, 1.54) is 0 Å². The maximum atomic E-state index is 10.0. The number of benzene rings is 2. The SMILES string of the molecule is OC(c1ccccc1)c1ccc(Cl)cc1.[H+]. The average molecular weight is 220 g/mol. The van der Waals surface area contributed by atoms with Crippen LogP contribution in [0, 0.1) is 0 Å². The minimum atomic E-state index is -0.580. The number of hydrogen-bond acceptors (Lipinski definition) is 1. The fourth-order valence-corrected chi connectivity index (χ4v) is 1.60. The molecule has 0 aliphatic carbocycles. The number of halogens is 1. The zero-order chi connectivity index (χ0) is 10.7. The van der Waals surface area contributed by atoms with Crippen LogP contribution < -0.4 is 0 Å². The molecule has 1 nitrogen and oxygen atoms in total. The highest BCUT2D eigenvalue weighted by Crippen LogP contribution is 2.22. The van der Waals surface area contributed by atoms with Crippen molar-refractivity contribution < 1.29 is 6.53 Å². The van der Waals surface area contributed by atoms with Gasteiger partial charge in [-0.15, -0.1) is 0 Å². The van der Waals surface area contributed by atoms with Crippen LogP contribution in [0.1, 0.15) is 18.7 Å². The first-order valence-electron chi connectivity index (χ1n) is 4.76. The summed E-state index contributed by atoms with van der Waals surface area (Å²) >= 11 is 5.78. The third kappa shape index (κ3) is 2.38. The molecule has 2 aromatic rings. The van der Waals surface area contributed by atoms with Gasteiger partial charge in [0.15, 0.2) is 0 Å². The lowest BCUT2D eigenvalue weighted by molar-refractivity contribution is 0.220. The highest BCUT2D eigenvalue weighted by molar-refractivity contribution is 6.30. The molecule has 0 radical (unpaired) electrons. The van der Waals surface area contributed by atoms with Crippen LogP contribution in [-0.4, -0.2) is 5.11 Å². The second kappa shape index (κ2) is 4.47. The summed E-state index contributed by atoms with van der Waals surface area (Å²) in [5.41, 5.74) is 1.74. The van der Waals surface area contributed by atoms with E-state index >= 15 is 0 Å². The Balaban J connectivity index is 0.00000128. The Morgan fingerprint density at radius 3 is 2.00 bits per heavy atom. The Morgan fingerprint density at radius 2 is 1.40 bits per heavy atom. The average Bonchev–Trinajstić information content (AvgIpc) is 2.30. The molecule has 0 heterocycles. The molecular formula is C13H12ClO+. The first kappa shape index (κ1) is 10.2. The molecule has 76 valence electrons. The lowest BCUT2D eigenvalue weighted by Gasteiger charge is -2.10. The van der Waals surface area contributed by atoms with Gasteiger partial charge in [-0.2, -0.15) is 0 Å². The Hall–Kier alpha value is -1.31. The molecule has 2 aromatic carbocycles. The normalized spacial score (nSPS) is 12.4. The summed E-state index contributed by atoms with van der Waals surface area (Å²) in [4.78, 5) is 0. The number of aliphatic hydroxyl groups is 1. The van der Waals surface area contributed by atoms with Gasteiger partial charge in [0.2, 0.25) is 0 Å². The van der Waals surface area contributed by atoms with Crippen molar-refractivity contribution in [3.05, 3.63) is 70.7 Å². The van der Waals surface area contributed by atoms with Gasteiger partial charge in [-0.1, -0.05) is 54.1 Å². The quantitative estimate of drug-likeness (QED) is 0.819. The summed E-state index contributed by atoms with van der Waals surface area (Å²) in [6.45, 7) is 0. The molecule has 1 N–H and O–H groups in total. The molecule has 0 saturated heterocycles. The highest BCUT2D eigenvalue weighted by Gasteiger charge is 2.08. The van der Waals surface area contributed by atoms with Gasteiger partial charge in [0.05, 0.1) is 0 Å². The molecule has 0 fully saturated rings. The van der Waals surface area contributed by atoms with Crippen molar-refractivity contribution in [2.24, 2.45) is 0 Å². The predicted octanol–water partition coefficient (Wildman–Crippen LogP) is 3.53. The van der Waals surface area contributed by atoms with Crippen LogP contribution >= 0.6 is 11.6 Å². The van der Waals surface area contributed by atoms with E-state index in [4.69, 9.17) is 11.6 Å². The Bertz CT molecular complexity index is 427. The third-order valence-corrected chi connectivity index (χ3v) is 2.55. The molecule has 1 atom stereocenters. The predicted molar refractivity (Wildman–Crippen MR) is 63.1 cm³/mol. The Kier molecular flexibility index (Phi) is 3.05. The van der Waals surface area contributed by atoms with Crippen LogP contribution in [0.4, 0.5) is 0 Å². The largest absolute Gasteiger partial charge is 1.00 e. The van der Waals surface area contributed by atoms with Gasteiger partial charge in [0, 0.05) is 5.02 Å². The molecule has 0 aliphatic rings. The number of hydrogen-bond donors (Lipinski definition) is 1. The van der Waals surface area contributed by atoms with Gasteiger partial charge in [-0.25, -0.2) is 0 Å². The standard InChI is InChI=1S/C13H11ClO/c14-12-8-6-11(7-9-12)13(15)10-4-2-1-3-5-10/h1-9,13,15H/p+1. The van der Waals surface area contributed by atoms with Crippen molar-refractivity contribution in [2.45, 2.75) is 6.10 Å². The van der Waals surface area contributed by atoms with Crippen molar-refractivity contribution in [1.82, 2.24) is 0 Å². The van der Waals surface area contributed by atoms with E-state index in [2.05, 4.69) is 0 Å². The second-order valence-corrected chi connectivity index (χ2v) is 3.80. The lowest BCUT2D eigenvalue weighted by atomic mass is 10.0. The Morgan fingerprint density at radius 1 is 0.867 bits per heavy atom. The monoisotopic (exact) mass is 219 g/mol. The summed E-state index contributed by atoms with van der Waals surface area (Å²) < 4.78 is 0. The molecular weight excluding hydrogens is 208 g/mol. The van der Waals surface area contributed by atoms with Crippen LogP contribution in [0.15, 0.2) is 54.6 Å². The van der Waals surface area contributed by atoms with Crippen LogP contribution in [0.5, 0.6) is 0 Å². The first-order chi connectivity index (χ1) is 7.27. The van der Waals surface area contributed by atoms with E-state index in [-0.39, 0.29) is 1.43 Å². The summed E-state index contributed by atoms with van der Waals surface area (Å²) in [7, 11) is 0. The number of aliphatic hydroxyl groups excluding tert-OH is 1. The lowest BCUT2D eigenvalue weighted by Crippen LogP contribution is -1.98. The van der Waals surface area contributed by atoms with Crippen LogP contribution in [-0.2, 0) is 0 Å². The highest BCUT2D eigenvalue weighted by atomic mass is 35.5. The summed E-state index contributed by atoms with van der Waals surface area (Å²) in [6.07, 6.45) is -0.580. The van der Waals surface area contributed by atoms with E-state index in [0.29, 0.717) is 5.02 Å². The van der Waals surface area contributed by atoms with Gasteiger partial charge in [0.1, 0.15) is 6.10 Å². The smallest absolute Gasteiger partial charge is 0.384 e. The van der Waals surface area contributed by atoms with E-state index in [9.17, 15) is 5.11 Å². The van der Waals surface area contributed by atoms with Gasteiger partial charge in [-0.05, 0) is 23.3 Å². The second-order valence-electron chi connectivity index (χ2n) is 3.36. The van der Waals surface area contributed by atoms with Gasteiger partial charge >= 0.3 is 1.43 Å². The molecule has 0 spiro atoms. The van der Waals surface area contributed by atoms with Crippen molar-refractivity contribution in [1.29, 1.82) is 0 Å². The molecule has 0 bridgehead atoms. The summed E-state index contributed by atoms with van der Waals surface area (Å²) in [5.74, 6) is 0. The zero-order valence-electron chi connectivity index (χ0n) is 9.10. The minimum Gasteiger partial charge on any atom is -0.384 e. The molecule has 2 rings (SSSR count). The number of rotatable bonds is 2. The third-order valence-electron chi connectivity index (χ3n) is 2.30. The van der Waals surface area contributed by atoms with E-state index in [1.807, 2.05) is 42.5 Å². The fraction of sp³-hybridized carbons (Fsp3) is 0.0769. The molecule has 15 heavy (non-hydrogen) atoms. The molecule has 0 aromatic heterocycles. The van der Waals surface area contributed by atoms with Gasteiger partial charge in [0.25, 0.3) is 0 Å². The molecule has 0 aliphatic heterocycles. The van der Waals surface area contributed by atoms with Crippen molar-refractivity contribution in [3.63, 3.8) is 0 Å². The fourth-order valence-electron chi connectivity index (χ4n) is 1.47. The van der Waals surface area contributed by atoms with Crippen LogP contribution in [0.2, 0.25) is 5.02 Å².